The summed E-state index contributed by atoms with van der Waals surface area (Å²) in [7, 11) is 0. The zero-order chi connectivity index (χ0) is 14.8. The van der Waals surface area contributed by atoms with Gasteiger partial charge in [-0.25, -0.2) is 4.39 Å². The Kier molecular flexibility index (Phi) is 3.75. The highest BCUT2D eigenvalue weighted by Crippen LogP contribution is 2.29. The third-order valence-electron chi connectivity index (χ3n) is 3.16. The molecule has 0 bridgehead atoms. The minimum Gasteiger partial charge on any atom is -0.396 e. The molecule has 106 valence electrons. The Hall–Kier alpha value is -2.14. The van der Waals surface area contributed by atoms with E-state index in [1.165, 1.54) is 6.07 Å². The largest absolute Gasteiger partial charge is 0.396 e. The van der Waals surface area contributed by atoms with E-state index in [9.17, 15) is 4.39 Å². The summed E-state index contributed by atoms with van der Waals surface area (Å²) in [5.41, 5.74) is 8.41. The Bertz CT molecular complexity index is 768. The molecule has 0 atom stereocenters. The number of benzene rings is 2. The van der Waals surface area contributed by atoms with E-state index in [-0.39, 0.29) is 5.82 Å². The van der Waals surface area contributed by atoms with Gasteiger partial charge in [0.25, 0.3) is 0 Å². The highest BCUT2D eigenvalue weighted by molar-refractivity contribution is 9.10. The van der Waals surface area contributed by atoms with Gasteiger partial charge in [0.15, 0.2) is 0 Å². The van der Waals surface area contributed by atoms with Crippen LogP contribution in [0.1, 0.15) is 5.56 Å². The first-order valence-corrected chi connectivity index (χ1v) is 7.25. The SMILES string of the molecule is Nc1cn(Cc2ccccc2)nc1-c1cc(Br)ccc1F. The molecule has 0 unspecified atom stereocenters. The van der Waals surface area contributed by atoms with Crippen LogP contribution in [0.5, 0.6) is 0 Å². The van der Waals surface area contributed by atoms with E-state index in [0.717, 1.165) is 10.0 Å². The zero-order valence-corrected chi connectivity index (χ0v) is 12.7. The topological polar surface area (TPSA) is 43.8 Å². The molecule has 0 spiro atoms. The third-order valence-corrected chi connectivity index (χ3v) is 3.65. The molecule has 21 heavy (non-hydrogen) atoms. The molecule has 0 fully saturated rings. The summed E-state index contributed by atoms with van der Waals surface area (Å²) in [6.07, 6.45) is 1.72. The third kappa shape index (κ3) is 2.97. The maximum atomic E-state index is 13.9. The standard InChI is InChI=1S/C16H13BrFN3/c17-12-6-7-14(18)13(8-12)16-15(19)10-21(20-16)9-11-4-2-1-3-5-11/h1-8,10H,9,19H2. The highest BCUT2D eigenvalue weighted by Gasteiger charge is 2.13. The van der Waals surface area contributed by atoms with E-state index in [1.54, 1.807) is 23.0 Å². The first-order valence-electron chi connectivity index (χ1n) is 6.46. The van der Waals surface area contributed by atoms with Crippen molar-refractivity contribution in [3.63, 3.8) is 0 Å². The lowest BCUT2D eigenvalue weighted by atomic mass is 10.1. The maximum absolute atomic E-state index is 13.9. The van der Waals surface area contributed by atoms with Gasteiger partial charge in [0.2, 0.25) is 0 Å². The predicted molar refractivity (Wildman–Crippen MR) is 85.3 cm³/mol. The van der Waals surface area contributed by atoms with Crippen molar-refractivity contribution in [3.8, 4) is 11.3 Å². The predicted octanol–water partition coefficient (Wildman–Crippen LogP) is 4.08. The van der Waals surface area contributed by atoms with E-state index >= 15 is 0 Å². The van der Waals surface area contributed by atoms with Crippen molar-refractivity contribution in [1.29, 1.82) is 0 Å². The summed E-state index contributed by atoms with van der Waals surface area (Å²) in [6.45, 7) is 0.598. The highest BCUT2D eigenvalue weighted by atomic mass is 79.9. The van der Waals surface area contributed by atoms with Crippen LogP contribution in [0.15, 0.2) is 59.2 Å². The number of anilines is 1. The number of rotatable bonds is 3. The summed E-state index contributed by atoms with van der Waals surface area (Å²) < 4.78 is 16.5. The van der Waals surface area contributed by atoms with Gasteiger partial charge in [-0.1, -0.05) is 46.3 Å². The van der Waals surface area contributed by atoms with Gasteiger partial charge in [-0.05, 0) is 23.8 Å². The number of nitrogen functional groups attached to an aromatic ring is 1. The van der Waals surface area contributed by atoms with Gasteiger partial charge in [-0.3, -0.25) is 4.68 Å². The van der Waals surface area contributed by atoms with Crippen molar-refractivity contribution >= 4 is 21.6 Å². The van der Waals surface area contributed by atoms with Gasteiger partial charge in [0, 0.05) is 16.2 Å². The minimum atomic E-state index is -0.338. The van der Waals surface area contributed by atoms with Crippen LogP contribution in [0.25, 0.3) is 11.3 Å². The molecule has 1 aromatic heterocycles. The Labute approximate surface area is 130 Å². The lowest BCUT2D eigenvalue weighted by Crippen LogP contribution is -2.00. The van der Waals surface area contributed by atoms with Crippen LogP contribution in [0.2, 0.25) is 0 Å². The van der Waals surface area contributed by atoms with Crippen LogP contribution in [-0.2, 0) is 6.54 Å². The second-order valence-electron chi connectivity index (χ2n) is 4.74. The summed E-state index contributed by atoms with van der Waals surface area (Å²) in [6, 6.07) is 14.7. The number of nitrogens with two attached hydrogens (primary N) is 1. The first kappa shape index (κ1) is 13.8. The molecule has 3 aromatic rings. The van der Waals surface area contributed by atoms with Gasteiger partial charge in [-0.15, -0.1) is 0 Å². The molecular formula is C16H13BrFN3. The van der Waals surface area contributed by atoms with Gasteiger partial charge < -0.3 is 5.73 Å². The van der Waals surface area contributed by atoms with Crippen LogP contribution >= 0.6 is 15.9 Å². The summed E-state index contributed by atoms with van der Waals surface area (Å²) in [4.78, 5) is 0. The average Bonchev–Trinajstić information content (AvgIpc) is 2.83. The molecule has 3 nitrogen and oxygen atoms in total. The van der Waals surface area contributed by atoms with Gasteiger partial charge in [0.05, 0.1) is 12.2 Å². The van der Waals surface area contributed by atoms with Crippen LogP contribution < -0.4 is 5.73 Å². The lowest BCUT2D eigenvalue weighted by molar-refractivity contribution is 0.628. The number of nitrogens with zero attached hydrogens (tertiary/aromatic N) is 2. The van der Waals surface area contributed by atoms with Crippen molar-refractivity contribution in [2.75, 3.05) is 5.73 Å². The van der Waals surface area contributed by atoms with E-state index < -0.39 is 0 Å². The number of hydrogen-bond acceptors (Lipinski definition) is 2. The number of hydrogen-bond donors (Lipinski definition) is 1. The molecule has 0 amide bonds. The second kappa shape index (κ2) is 5.69. The molecule has 0 saturated heterocycles. The van der Waals surface area contributed by atoms with Gasteiger partial charge in [-0.2, -0.15) is 5.10 Å². The summed E-state index contributed by atoms with van der Waals surface area (Å²) >= 11 is 3.34. The Morgan fingerprint density at radius 2 is 1.90 bits per heavy atom. The van der Waals surface area contributed by atoms with Crippen molar-refractivity contribution in [3.05, 3.63) is 70.6 Å². The molecular weight excluding hydrogens is 333 g/mol. The van der Waals surface area contributed by atoms with Crippen LogP contribution in [0, 0.1) is 5.82 Å². The number of aromatic nitrogens is 2. The average molecular weight is 346 g/mol. The van der Waals surface area contributed by atoms with E-state index in [0.29, 0.717) is 23.5 Å². The quantitative estimate of drug-likeness (QED) is 0.777. The van der Waals surface area contributed by atoms with Crippen molar-refractivity contribution in [2.24, 2.45) is 0 Å². The molecule has 2 aromatic carbocycles. The van der Waals surface area contributed by atoms with E-state index in [1.807, 2.05) is 30.3 Å². The molecule has 5 heteroatoms. The second-order valence-corrected chi connectivity index (χ2v) is 5.66. The lowest BCUT2D eigenvalue weighted by Gasteiger charge is -2.03. The van der Waals surface area contributed by atoms with E-state index in [4.69, 9.17) is 5.73 Å². The van der Waals surface area contributed by atoms with Crippen LogP contribution in [0.4, 0.5) is 10.1 Å². The maximum Gasteiger partial charge on any atom is 0.132 e. The van der Waals surface area contributed by atoms with E-state index in [2.05, 4.69) is 21.0 Å². The molecule has 0 aliphatic heterocycles. The Morgan fingerprint density at radius 1 is 1.14 bits per heavy atom. The van der Waals surface area contributed by atoms with Gasteiger partial charge >= 0.3 is 0 Å². The fourth-order valence-corrected chi connectivity index (χ4v) is 2.54. The fraction of sp³-hybridized carbons (Fsp3) is 0.0625. The molecule has 0 radical (unpaired) electrons. The summed E-state index contributed by atoms with van der Waals surface area (Å²) in [5, 5.41) is 4.41. The monoisotopic (exact) mass is 345 g/mol. The Balaban J connectivity index is 1.96. The molecule has 2 N–H and O–H groups in total. The Morgan fingerprint density at radius 3 is 2.67 bits per heavy atom. The van der Waals surface area contributed by atoms with Crippen molar-refractivity contribution in [2.45, 2.75) is 6.54 Å². The number of halogens is 2. The van der Waals surface area contributed by atoms with Crippen molar-refractivity contribution < 1.29 is 4.39 Å². The van der Waals surface area contributed by atoms with Crippen molar-refractivity contribution in [1.82, 2.24) is 9.78 Å². The zero-order valence-electron chi connectivity index (χ0n) is 11.1. The molecule has 0 aliphatic carbocycles. The first-order chi connectivity index (χ1) is 10.1. The van der Waals surface area contributed by atoms with Crippen LogP contribution in [-0.4, -0.2) is 9.78 Å². The molecule has 1 heterocycles. The molecule has 0 aliphatic rings. The minimum absolute atomic E-state index is 0.338. The fourth-order valence-electron chi connectivity index (χ4n) is 2.18. The molecule has 0 saturated carbocycles. The van der Waals surface area contributed by atoms with Crippen LogP contribution in [0.3, 0.4) is 0 Å². The summed E-state index contributed by atoms with van der Waals surface area (Å²) in [5.74, 6) is -0.338. The normalized spacial score (nSPS) is 10.8. The van der Waals surface area contributed by atoms with Gasteiger partial charge in [0.1, 0.15) is 11.5 Å². The smallest absolute Gasteiger partial charge is 0.132 e. The molecule has 3 rings (SSSR count).